The van der Waals surface area contributed by atoms with Gasteiger partial charge in [0.05, 0.1) is 24.7 Å². The molecule has 37 heavy (non-hydrogen) atoms. The van der Waals surface area contributed by atoms with Crippen molar-refractivity contribution >= 4 is 42.0 Å². The molecule has 2 amide bonds. The first-order valence-electron chi connectivity index (χ1n) is 11.9. The SMILES string of the molecule is CC(C)(C)OC(=O)N1CCC(O)CC1.CC(C)(C)OC(=O)N1CCC(OS(C)(=O)=O)CC1.CS(=O)(=O)Cl. The van der Waals surface area contributed by atoms with Crippen LogP contribution in [0.4, 0.5) is 9.59 Å². The van der Waals surface area contributed by atoms with Gasteiger partial charge >= 0.3 is 12.2 Å². The maximum absolute atomic E-state index is 11.8. The third-order valence-corrected chi connectivity index (χ3v) is 5.14. The number of aliphatic hydroxyl groups is 1. The van der Waals surface area contributed by atoms with Crippen molar-refractivity contribution in [3.05, 3.63) is 0 Å². The summed E-state index contributed by atoms with van der Waals surface area (Å²) in [5, 5.41) is 9.26. The summed E-state index contributed by atoms with van der Waals surface area (Å²) in [4.78, 5) is 26.5. The van der Waals surface area contributed by atoms with Gasteiger partial charge in [-0.05, 0) is 67.2 Å². The number of nitrogens with zero attached hydrogens (tertiary/aromatic N) is 2. The first-order valence-corrected chi connectivity index (χ1v) is 16.4. The monoisotopic (exact) mass is 594 g/mol. The zero-order valence-electron chi connectivity index (χ0n) is 23.0. The van der Waals surface area contributed by atoms with Crippen molar-refractivity contribution in [3.63, 3.8) is 0 Å². The van der Waals surface area contributed by atoms with Gasteiger partial charge in [0.15, 0.2) is 0 Å². The number of rotatable bonds is 2. The Balaban J connectivity index is 0.000000605. The van der Waals surface area contributed by atoms with Crippen molar-refractivity contribution in [2.45, 2.75) is 90.6 Å². The molecule has 0 aromatic heterocycles. The van der Waals surface area contributed by atoms with Gasteiger partial charge in [-0.3, -0.25) is 4.18 Å². The molecule has 2 aliphatic heterocycles. The molecule has 2 fully saturated rings. The summed E-state index contributed by atoms with van der Waals surface area (Å²) < 4.78 is 56.1. The average molecular weight is 595 g/mol. The number of hydrogen-bond acceptors (Lipinski definition) is 10. The summed E-state index contributed by atoms with van der Waals surface area (Å²) in [6.45, 7) is 13.1. The molecule has 0 saturated carbocycles. The van der Waals surface area contributed by atoms with Crippen molar-refractivity contribution in [2.24, 2.45) is 0 Å². The topological polar surface area (TPSA) is 157 Å². The van der Waals surface area contributed by atoms with Crippen LogP contribution in [0.25, 0.3) is 0 Å². The first kappa shape index (κ1) is 35.6. The van der Waals surface area contributed by atoms with Crippen LogP contribution in [-0.4, -0.2) is 106 Å². The minimum atomic E-state index is -3.42. The molecule has 0 radical (unpaired) electrons. The van der Waals surface area contributed by atoms with E-state index in [0.29, 0.717) is 51.9 Å². The number of likely N-dealkylation sites (tertiary alicyclic amines) is 2. The van der Waals surface area contributed by atoms with Gasteiger partial charge in [-0.15, -0.1) is 0 Å². The van der Waals surface area contributed by atoms with Gasteiger partial charge in [0, 0.05) is 36.9 Å². The van der Waals surface area contributed by atoms with Crippen molar-refractivity contribution in [1.82, 2.24) is 9.80 Å². The number of amides is 2. The zero-order valence-corrected chi connectivity index (χ0v) is 25.4. The van der Waals surface area contributed by atoms with E-state index in [1.165, 1.54) is 0 Å². The number of carbonyl (C=O) groups is 2. The minimum absolute atomic E-state index is 0.256. The molecule has 0 aromatic rings. The number of halogens is 1. The van der Waals surface area contributed by atoms with E-state index in [1.807, 2.05) is 41.5 Å². The summed E-state index contributed by atoms with van der Waals surface area (Å²) in [6.07, 6.45) is 3.05. The molecule has 2 saturated heterocycles. The summed E-state index contributed by atoms with van der Waals surface area (Å²) in [6, 6.07) is 0. The highest BCUT2D eigenvalue weighted by Crippen LogP contribution is 2.18. The molecule has 12 nitrogen and oxygen atoms in total. The molecule has 0 bridgehead atoms. The molecule has 0 unspecified atom stereocenters. The second-order valence-electron chi connectivity index (χ2n) is 10.8. The van der Waals surface area contributed by atoms with E-state index >= 15 is 0 Å². The molecule has 220 valence electrons. The van der Waals surface area contributed by atoms with E-state index in [4.69, 9.17) is 13.7 Å². The van der Waals surface area contributed by atoms with Crippen molar-refractivity contribution < 1.29 is 45.2 Å². The average Bonchev–Trinajstić information content (AvgIpc) is 2.64. The first-order chi connectivity index (χ1) is 16.5. The van der Waals surface area contributed by atoms with E-state index in [9.17, 15) is 31.5 Å². The predicted molar refractivity (Wildman–Crippen MR) is 141 cm³/mol. The van der Waals surface area contributed by atoms with E-state index < -0.39 is 30.4 Å². The molecule has 2 heterocycles. The molecule has 0 atom stereocenters. The normalized spacial score (nSPS) is 18.1. The fraction of sp³-hybridized carbons (Fsp3) is 0.909. The standard InChI is InChI=1S/C11H21NO5S.C10H19NO3.CH3ClO2S/c1-11(2,3)16-10(13)12-7-5-9(6-8-12)17-18(4,14)15;1-10(2,3)14-9(13)11-6-4-8(12)5-7-11;1-5(2,3)4/h9H,5-8H2,1-4H3;8,12H,4-7H2,1-3H3;1H3. The van der Waals surface area contributed by atoms with Crippen LogP contribution in [0.3, 0.4) is 0 Å². The second kappa shape index (κ2) is 14.7. The molecule has 15 heteroatoms. The molecule has 0 aliphatic carbocycles. The number of carbonyl (C=O) groups excluding carboxylic acids is 2. The van der Waals surface area contributed by atoms with Crippen molar-refractivity contribution in [1.29, 1.82) is 0 Å². The largest absolute Gasteiger partial charge is 0.444 e. The number of hydrogen-bond donors (Lipinski definition) is 1. The predicted octanol–water partition coefficient (Wildman–Crippen LogP) is 2.93. The van der Waals surface area contributed by atoms with Gasteiger partial charge < -0.3 is 24.4 Å². The molecular formula is C22H43ClN2O10S2. The van der Waals surface area contributed by atoms with Crippen molar-refractivity contribution in [2.75, 3.05) is 38.7 Å². The van der Waals surface area contributed by atoms with Crippen LogP contribution < -0.4 is 0 Å². The smallest absolute Gasteiger partial charge is 0.410 e. The Morgan fingerprint density at radius 2 is 1.05 bits per heavy atom. The Morgan fingerprint density at radius 3 is 1.32 bits per heavy atom. The fourth-order valence-corrected chi connectivity index (χ4v) is 3.77. The van der Waals surface area contributed by atoms with Gasteiger partial charge in [-0.2, -0.15) is 8.42 Å². The van der Waals surface area contributed by atoms with Crippen LogP contribution in [0.2, 0.25) is 0 Å². The fourth-order valence-electron chi connectivity index (χ4n) is 3.08. The third-order valence-electron chi connectivity index (χ3n) is 4.52. The van der Waals surface area contributed by atoms with Crippen molar-refractivity contribution in [3.8, 4) is 0 Å². The molecule has 2 rings (SSSR count). The van der Waals surface area contributed by atoms with Crippen LogP contribution in [0.1, 0.15) is 67.2 Å². The molecule has 0 aromatic carbocycles. The minimum Gasteiger partial charge on any atom is -0.444 e. The highest BCUT2D eigenvalue weighted by atomic mass is 35.7. The van der Waals surface area contributed by atoms with Crippen LogP contribution in [0.5, 0.6) is 0 Å². The number of ether oxygens (including phenoxy) is 2. The van der Waals surface area contributed by atoms with Crippen LogP contribution >= 0.6 is 10.7 Å². The Hall–Kier alpha value is -1.35. The lowest BCUT2D eigenvalue weighted by Crippen LogP contribution is -2.43. The number of piperidine rings is 2. The highest BCUT2D eigenvalue weighted by molar-refractivity contribution is 8.13. The Labute approximate surface area is 226 Å². The summed E-state index contributed by atoms with van der Waals surface area (Å²) in [5.74, 6) is 0. The van der Waals surface area contributed by atoms with Gasteiger partial charge in [0.25, 0.3) is 10.1 Å². The van der Waals surface area contributed by atoms with Gasteiger partial charge in [0.1, 0.15) is 11.2 Å². The molecule has 2 aliphatic rings. The van der Waals surface area contributed by atoms with Crippen LogP contribution in [0, 0.1) is 0 Å². The van der Waals surface area contributed by atoms with E-state index in [0.717, 1.165) is 12.5 Å². The van der Waals surface area contributed by atoms with Crippen LogP contribution in [-0.2, 0) is 32.8 Å². The van der Waals surface area contributed by atoms with E-state index in [-0.39, 0.29) is 24.4 Å². The van der Waals surface area contributed by atoms with Crippen LogP contribution in [0.15, 0.2) is 0 Å². The number of aliphatic hydroxyl groups excluding tert-OH is 1. The highest BCUT2D eigenvalue weighted by Gasteiger charge is 2.29. The lowest BCUT2D eigenvalue weighted by molar-refractivity contribution is 0.00963. The molecular weight excluding hydrogens is 552 g/mol. The lowest BCUT2D eigenvalue weighted by Gasteiger charge is -2.32. The lowest BCUT2D eigenvalue weighted by atomic mass is 10.1. The second-order valence-corrected chi connectivity index (χ2v) is 15.5. The quantitative estimate of drug-likeness (QED) is 0.372. The van der Waals surface area contributed by atoms with Gasteiger partial charge in [0.2, 0.25) is 9.05 Å². The Morgan fingerprint density at radius 1 is 0.757 bits per heavy atom. The summed E-state index contributed by atoms with van der Waals surface area (Å²) >= 11 is 0. The van der Waals surface area contributed by atoms with E-state index in [2.05, 4.69) is 10.7 Å². The summed E-state index contributed by atoms with van der Waals surface area (Å²) in [7, 11) is -2.12. The summed E-state index contributed by atoms with van der Waals surface area (Å²) in [5.41, 5.74) is -0.954. The maximum Gasteiger partial charge on any atom is 0.410 e. The third kappa shape index (κ3) is 21.3. The Kier molecular flexibility index (Phi) is 14.2. The van der Waals surface area contributed by atoms with Gasteiger partial charge in [-0.25, -0.2) is 18.0 Å². The Bertz CT molecular complexity index is 919. The zero-order chi connectivity index (χ0) is 29.2. The maximum atomic E-state index is 11.8. The molecule has 1 N–H and O–H groups in total. The van der Waals surface area contributed by atoms with Gasteiger partial charge in [-0.1, -0.05) is 0 Å². The van der Waals surface area contributed by atoms with E-state index in [1.54, 1.807) is 9.80 Å². The molecule has 0 spiro atoms.